The van der Waals surface area contributed by atoms with Crippen LogP contribution in [0.3, 0.4) is 0 Å². The molecule has 112 valence electrons. The van der Waals surface area contributed by atoms with Gasteiger partial charge in [0.15, 0.2) is 0 Å². The summed E-state index contributed by atoms with van der Waals surface area (Å²) in [6.45, 7) is 9.34. The second-order valence-electron chi connectivity index (χ2n) is 5.51. The number of nitrogens with zero attached hydrogens (tertiary/aromatic N) is 1. The Morgan fingerprint density at radius 1 is 1.19 bits per heavy atom. The Balaban J connectivity index is 2.12. The fourth-order valence-corrected chi connectivity index (χ4v) is 3.69. The van der Waals surface area contributed by atoms with Gasteiger partial charge in [0, 0.05) is 27.6 Å². The summed E-state index contributed by atoms with van der Waals surface area (Å²) in [5.74, 6) is 0. The summed E-state index contributed by atoms with van der Waals surface area (Å²) >= 11 is 5.37. The molecule has 1 aromatic heterocycles. The Morgan fingerprint density at radius 3 is 2.57 bits per heavy atom. The summed E-state index contributed by atoms with van der Waals surface area (Å²) in [4.78, 5) is 5.78. The summed E-state index contributed by atoms with van der Waals surface area (Å²) < 4.78 is 1.14. The van der Waals surface area contributed by atoms with E-state index in [0.717, 1.165) is 21.7 Å². The molecule has 0 aliphatic heterocycles. The van der Waals surface area contributed by atoms with E-state index in [9.17, 15) is 0 Å². The van der Waals surface area contributed by atoms with Crippen molar-refractivity contribution in [3.05, 3.63) is 51.6 Å². The summed E-state index contributed by atoms with van der Waals surface area (Å²) in [5.41, 5.74) is 3.59. The molecule has 0 aliphatic rings. The smallest absolute Gasteiger partial charge is 0.101 e. The second kappa shape index (κ2) is 7.43. The molecule has 0 radical (unpaired) electrons. The third-order valence-corrected chi connectivity index (χ3v) is 4.67. The van der Waals surface area contributed by atoms with Crippen molar-refractivity contribution in [1.82, 2.24) is 10.3 Å². The molecular weight excluding hydrogens is 344 g/mol. The number of aromatic nitrogens is 1. The molecule has 0 spiro atoms. The van der Waals surface area contributed by atoms with Crippen LogP contribution in [-0.2, 0) is 6.54 Å². The lowest BCUT2D eigenvalue weighted by molar-refractivity contribution is 0.587. The van der Waals surface area contributed by atoms with E-state index in [4.69, 9.17) is 0 Å². The zero-order chi connectivity index (χ0) is 15.4. The molecule has 0 unspecified atom stereocenters. The summed E-state index contributed by atoms with van der Waals surface area (Å²) in [6, 6.07) is 11.2. The van der Waals surface area contributed by atoms with Gasteiger partial charge in [-0.15, -0.1) is 0 Å². The van der Waals surface area contributed by atoms with E-state index in [-0.39, 0.29) is 0 Å². The highest BCUT2D eigenvalue weighted by molar-refractivity contribution is 9.10. The number of aryl methyl sites for hydroxylation is 2. The van der Waals surface area contributed by atoms with Gasteiger partial charge in [0.05, 0.1) is 0 Å². The quantitative estimate of drug-likeness (QED) is 0.797. The fourth-order valence-electron chi connectivity index (χ4n) is 2.03. The van der Waals surface area contributed by atoms with Crippen LogP contribution in [0.15, 0.2) is 44.7 Å². The predicted octanol–water partition coefficient (Wildman–Crippen LogP) is 5.11. The van der Waals surface area contributed by atoms with Crippen molar-refractivity contribution in [1.29, 1.82) is 0 Å². The van der Waals surface area contributed by atoms with Crippen molar-refractivity contribution >= 4 is 27.7 Å². The molecule has 0 fully saturated rings. The van der Waals surface area contributed by atoms with Gasteiger partial charge in [0.1, 0.15) is 5.03 Å². The van der Waals surface area contributed by atoms with E-state index in [1.165, 1.54) is 16.0 Å². The first-order valence-electron chi connectivity index (χ1n) is 7.09. The van der Waals surface area contributed by atoms with E-state index >= 15 is 0 Å². The van der Waals surface area contributed by atoms with Crippen LogP contribution in [0, 0.1) is 13.8 Å². The third-order valence-electron chi connectivity index (χ3n) is 3.02. The normalized spacial score (nSPS) is 11.1. The van der Waals surface area contributed by atoms with Crippen LogP contribution in [0.1, 0.15) is 30.7 Å². The number of pyridine rings is 1. The van der Waals surface area contributed by atoms with Crippen LogP contribution in [0.4, 0.5) is 0 Å². The van der Waals surface area contributed by atoms with Gasteiger partial charge in [0.2, 0.25) is 0 Å². The lowest BCUT2D eigenvalue weighted by Crippen LogP contribution is -2.21. The first-order valence-corrected chi connectivity index (χ1v) is 8.70. The van der Waals surface area contributed by atoms with Crippen molar-refractivity contribution in [3.63, 3.8) is 0 Å². The Labute approximate surface area is 139 Å². The Kier molecular flexibility index (Phi) is 5.85. The summed E-state index contributed by atoms with van der Waals surface area (Å²) in [6.07, 6.45) is 0. The molecular formula is C17H21BrN2S. The maximum absolute atomic E-state index is 4.58. The van der Waals surface area contributed by atoms with E-state index in [2.05, 4.69) is 77.3 Å². The number of halogens is 1. The third kappa shape index (κ3) is 5.13. The minimum absolute atomic E-state index is 0.491. The van der Waals surface area contributed by atoms with Crippen LogP contribution in [-0.4, -0.2) is 11.0 Å². The van der Waals surface area contributed by atoms with Crippen LogP contribution >= 0.6 is 27.7 Å². The Hall–Kier alpha value is -0.840. The molecule has 1 heterocycles. The molecule has 0 saturated heterocycles. The zero-order valence-corrected chi connectivity index (χ0v) is 15.3. The van der Waals surface area contributed by atoms with Crippen molar-refractivity contribution in [2.24, 2.45) is 0 Å². The molecule has 21 heavy (non-hydrogen) atoms. The van der Waals surface area contributed by atoms with Crippen molar-refractivity contribution in [2.75, 3.05) is 0 Å². The van der Waals surface area contributed by atoms with Gasteiger partial charge in [-0.3, -0.25) is 0 Å². The molecule has 0 atom stereocenters. The number of rotatable bonds is 5. The highest BCUT2D eigenvalue weighted by Crippen LogP contribution is 2.30. The first kappa shape index (κ1) is 16.5. The van der Waals surface area contributed by atoms with Crippen LogP contribution in [0.2, 0.25) is 0 Å². The van der Waals surface area contributed by atoms with Gasteiger partial charge >= 0.3 is 0 Å². The molecule has 0 aliphatic carbocycles. The average Bonchev–Trinajstić information content (AvgIpc) is 2.36. The van der Waals surface area contributed by atoms with Gasteiger partial charge in [0.25, 0.3) is 0 Å². The number of hydrogen-bond acceptors (Lipinski definition) is 3. The molecule has 2 rings (SSSR count). The molecule has 2 aromatic rings. The maximum Gasteiger partial charge on any atom is 0.101 e. The second-order valence-corrected chi connectivity index (χ2v) is 7.46. The van der Waals surface area contributed by atoms with Gasteiger partial charge in [-0.2, -0.15) is 0 Å². The largest absolute Gasteiger partial charge is 0.310 e. The summed E-state index contributed by atoms with van der Waals surface area (Å²) in [5, 5.41) is 4.49. The first-order chi connectivity index (χ1) is 9.94. The van der Waals surface area contributed by atoms with Crippen molar-refractivity contribution < 1.29 is 0 Å². The summed E-state index contributed by atoms with van der Waals surface area (Å²) in [7, 11) is 0. The molecule has 1 N–H and O–H groups in total. The van der Waals surface area contributed by atoms with Crippen LogP contribution in [0.5, 0.6) is 0 Å². The average molecular weight is 365 g/mol. The lowest BCUT2D eigenvalue weighted by Gasteiger charge is -2.11. The molecule has 0 saturated carbocycles. The number of nitrogens with one attached hydrogen (secondary N) is 1. The van der Waals surface area contributed by atoms with Gasteiger partial charge in [-0.05, 0) is 49.2 Å². The molecule has 0 bridgehead atoms. The molecule has 0 amide bonds. The Morgan fingerprint density at radius 2 is 1.95 bits per heavy atom. The van der Waals surface area contributed by atoms with E-state index in [0.29, 0.717) is 6.04 Å². The van der Waals surface area contributed by atoms with Crippen molar-refractivity contribution in [3.8, 4) is 0 Å². The van der Waals surface area contributed by atoms with Crippen LogP contribution in [0.25, 0.3) is 0 Å². The van der Waals surface area contributed by atoms with E-state index in [1.807, 2.05) is 6.92 Å². The fraction of sp³-hybridized carbons (Fsp3) is 0.353. The van der Waals surface area contributed by atoms with E-state index in [1.54, 1.807) is 11.8 Å². The Bertz CT molecular complexity index is 606. The standard InChI is InChI=1S/C17H21BrN2S/c1-11(2)19-10-14-5-6-15(9-16(14)18)21-17-8-12(3)7-13(4)20-17/h5-9,11,19H,10H2,1-4H3. The highest BCUT2D eigenvalue weighted by Gasteiger charge is 2.05. The molecule has 4 heteroatoms. The maximum atomic E-state index is 4.58. The molecule has 2 nitrogen and oxygen atoms in total. The van der Waals surface area contributed by atoms with Crippen molar-refractivity contribution in [2.45, 2.75) is 50.2 Å². The number of benzene rings is 1. The predicted molar refractivity (Wildman–Crippen MR) is 94.0 cm³/mol. The topological polar surface area (TPSA) is 24.9 Å². The van der Waals surface area contributed by atoms with E-state index < -0.39 is 0 Å². The zero-order valence-electron chi connectivity index (χ0n) is 12.9. The molecule has 1 aromatic carbocycles. The minimum atomic E-state index is 0.491. The monoisotopic (exact) mass is 364 g/mol. The van der Waals surface area contributed by atoms with Crippen LogP contribution < -0.4 is 5.32 Å². The lowest BCUT2D eigenvalue weighted by atomic mass is 10.2. The SMILES string of the molecule is Cc1cc(C)nc(Sc2ccc(CNC(C)C)c(Br)c2)c1. The highest BCUT2D eigenvalue weighted by atomic mass is 79.9. The number of hydrogen-bond donors (Lipinski definition) is 1. The van der Waals surface area contributed by atoms with Gasteiger partial charge < -0.3 is 5.32 Å². The van der Waals surface area contributed by atoms with Gasteiger partial charge in [-0.1, -0.05) is 47.6 Å². The van der Waals surface area contributed by atoms with Gasteiger partial charge in [-0.25, -0.2) is 4.98 Å². The minimum Gasteiger partial charge on any atom is -0.310 e.